The van der Waals surface area contributed by atoms with E-state index in [0.717, 1.165) is 11.4 Å². The van der Waals surface area contributed by atoms with E-state index in [2.05, 4.69) is 15.7 Å². The number of hydrogen-bond acceptors (Lipinski definition) is 3. The summed E-state index contributed by atoms with van der Waals surface area (Å²) in [6.07, 6.45) is 0. The number of anilines is 1. The van der Waals surface area contributed by atoms with Crippen LogP contribution in [0.25, 0.3) is 5.69 Å². The Bertz CT molecular complexity index is 1100. The highest BCUT2D eigenvalue weighted by Gasteiger charge is 2.38. The molecule has 8 heteroatoms. The molecule has 0 aliphatic carbocycles. The maximum absolute atomic E-state index is 14.0. The van der Waals surface area contributed by atoms with Gasteiger partial charge in [0.2, 0.25) is 5.91 Å². The third-order valence-electron chi connectivity index (χ3n) is 5.21. The fraction of sp³-hybridized carbons (Fsp3) is 0.227. The van der Waals surface area contributed by atoms with Crippen molar-refractivity contribution in [3.63, 3.8) is 0 Å². The Hall–Kier alpha value is -3.68. The highest BCUT2D eigenvalue weighted by molar-refractivity contribution is 5.95. The maximum Gasteiger partial charge on any atom is 0.322 e. The van der Waals surface area contributed by atoms with Crippen molar-refractivity contribution in [2.24, 2.45) is 0 Å². The Kier molecular flexibility index (Phi) is 5.22. The van der Waals surface area contributed by atoms with E-state index in [1.807, 2.05) is 44.2 Å². The van der Waals surface area contributed by atoms with Gasteiger partial charge in [-0.05, 0) is 38.1 Å². The van der Waals surface area contributed by atoms with Crippen LogP contribution < -0.4 is 10.6 Å². The van der Waals surface area contributed by atoms with Gasteiger partial charge in [0.05, 0.1) is 17.1 Å². The van der Waals surface area contributed by atoms with Crippen molar-refractivity contribution < 1.29 is 14.0 Å². The number of rotatable bonds is 3. The van der Waals surface area contributed by atoms with Gasteiger partial charge in [0.15, 0.2) is 0 Å². The number of para-hydroxylation sites is 2. The molecule has 1 fully saturated rings. The lowest BCUT2D eigenvalue weighted by atomic mass is 10.0. The minimum atomic E-state index is -0.858. The lowest BCUT2D eigenvalue weighted by Crippen LogP contribution is -2.53. The van der Waals surface area contributed by atoms with Gasteiger partial charge in [-0.2, -0.15) is 5.10 Å². The zero-order valence-corrected chi connectivity index (χ0v) is 16.7. The summed E-state index contributed by atoms with van der Waals surface area (Å²) in [7, 11) is 0. The third-order valence-corrected chi connectivity index (χ3v) is 5.21. The fourth-order valence-electron chi connectivity index (χ4n) is 3.79. The molecule has 0 bridgehead atoms. The summed E-state index contributed by atoms with van der Waals surface area (Å²) in [5.74, 6) is -0.822. The van der Waals surface area contributed by atoms with Crippen LogP contribution in [0.1, 0.15) is 23.0 Å². The number of piperazine rings is 1. The molecule has 1 atom stereocenters. The molecule has 0 unspecified atom stereocenters. The summed E-state index contributed by atoms with van der Waals surface area (Å²) in [5, 5.41) is 10.0. The molecule has 1 aromatic heterocycles. The number of aromatic nitrogens is 2. The number of halogens is 1. The minimum absolute atomic E-state index is 0.0701. The molecule has 3 aromatic rings. The summed E-state index contributed by atoms with van der Waals surface area (Å²) in [5.41, 5.74) is 3.02. The van der Waals surface area contributed by atoms with E-state index in [1.54, 1.807) is 16.8 Å². The molecule has 2 N–H and O–H groups in total. The van der Waals surface area contributed by atoms with E-state index in [4.69, 9.17) is 0 Å². The quantitative estimate of drug-likeness (QED) is 0.699. The first kappa shape index (κ1) is 19.6. The van der Waals surface area contributed by atoms with Gasteiger partial charge in [-0.15, -0.1) is 0 Å². The molecule has 1 aliphatic rings. The molecule has 0 radical (unpaired) electrons. The van der Waals surface area contributed by atoms with E-state index >= 15 is 0 Å². The predicted molar refractivity (Wildman–Crippen MR) is 111 cm³/mol. The highest BCUT2D eigenvalue weighted by atomic mass is 19.1. The number of carbonyl (C=O) groups excluding carboxylic acids is 2. The zero-order valence-electron chi connectivity index (χ0n) is 16.7. The first-order valence-corrected chi connectivity index (χ1v) is 9.69. The molecule has 0 saturated carbocycles. The van der Waals surface area contributed by atoms with Crippen molar-refractivity contribution in [3.8, 4) is 5.69 Å². The predicted octanol–water partition coefficient (Wildman–Crippen LogP) is 3.33. The Balaban J connectivity index is 1.71. The first-order valence-electron chi connectivity index (χ1n) is 9.69. The lowest BCUT2D eigenvalue weighted by molar-refractivity contribution is -0.127. The Morgan fingerprint density at radius 2 is 1.83 bits per heavy atom. The number of hydrogen-bond donors (Lipinski definition) is 2. The second-order valence-electron chi connectivity index (χ2n) is 7.13. The van der Waals surface area contributed by atoms with E-state index in [-0.39, 0.29) is 11.6 Å². The molecular formula is C22H22FN5O2. The first-order chi connectivity index (χ1) is 14.5. The Morgan fingerprint density at radius 3 is 2.57 bits per heavy atom. The second-order valence-corrected chi connectivity index (χ2v) is 7.13. The number of urea groups is 1. The van der Waals surface area contributed by atoms with E-state index in [1.165, 1.54) is 17.0 Å². The van der Waals surface area contributed by atoms with Crippen LogP contribution >= 0.6 is 0 Å². The lowest BCUT2D eigenvalue weighted by Gasteiger charge is -2.35. The normalized spacial score (nSPS) is 16.3. The van der Waals surface area contributed by atoms with Gasteiger partial charge in [-0.1, -0.05) is 30.3 Å². The van der Waals surface area contributed by atoms with Crippen molar-refractivity contribution in [1.82, 2.24) is 20.0 Å². The molecule has 1 aliphatic heterocycles. The smallest absolute Gasteiger partial charge is 0.322 e. The molecule has 0 spiro atoms. The highest BCUT2D eigenvalue weighted by Crippen LogP contribution is 2.31. The van der Waals surface area contributed by atoms with Gasteiger partial charge in [-0.25, -0.2) is 13.9 Å². The molecule has 4 rings (SSSR count). The van der Waals surface area contributed by atoms with Gasteiger partial charge in [0.1, 0.15) is 11.9 Å². The topological polar surface area (TPSA) is 79.3 Å². The van der Waals surface area contributed by atoms with Crippen molar-refractivity contribution >= 4 is 17.6 Å². The molecule has 7 nitrogen and oxygen atoms in total. The fourth-order valence-corrected chi connectivity index (χ4v) is 3.79. The minimum Gasteiger partial charge on any atom is -0.352 e. The Labute approximate surface area is 173 Å². The summed E-state index contributed by atoms with van der Waals surface area (Å²) >= 11 is 0. The number of nitrogens with one attached hydrogen (secondary N) is 2. The molecule has 154 valence electrons. The van der Waals surface area contributed by atoms with Gasteiger partial charge < -0.3 is 15.5 Å². The molecule has 30 heavy (non-hydrogen) atoms. The van der Waals surface area contributed by atoms with Gasteiger partial charge in [0.25, 0.3) is 0 Å². The number of amides is 3. The largest absolute Gasteiger partial charge is 0.352 e. The van der Waals surface area contributed by atoms with Gasteiger partial charge in [-0.3, -0.25) is 4.79 Å². The second kappa shape index (κ2) is 7.98. The van der Waals surface area contributed by atoms with Crippen LogP contribution in [-0.2, 0) is 4.79 Å². The van der Waals surface area contributed by atoms with Gasteiger partial charge in [0, 0.05) is 24.3 Å². The molecule has 2 aromatic carbocycles. The van der Waals surface area contributed by atoms with Crippen LogP contribution in [0.2, 0.25) is 0 Å². The zero-order chi connectivity index (χ0) is 21.3. The van der Waals surface area contributed by atoms with Crippen LogP contribution in [0.15, 0.2) is 54.6 Å². The van der Waals surface area contributed by atoms with Crippen LogP contribution in [-0.4, -0.2) is 39.7 Å². The van der Waals surface area contributed by atoms with Crippen LogP contribution in [0.4, 0.5) is 14.9 Å². The summed E-state index contributed by atoms with van der Waals surface area (Å²) in [6.45, 7) is 4.31. The summed E-state index contributed by atoms with van der Waals surface area (Å²) in [6, 6.07) is 14.1. The van der Waals surface area contributed by atoms with Crippen molar-refractivity contribution in [3.05, 3.63) is 77.4 Å². The monoisotopic (exact) mass is 407 g/mol. The average Bonchev–Trinajstić information content (AvgIpc) is 3.04. The molecule has 1 saturated heterocycles. The number of nitrogens with zero attached hydrogens (tertiary/aromatic N) is 3. The molecular weight excluding hydrogens is 385 g/mol. The standard InChI is InChI=1S/C22H22FN5O2/c1-14-19(15(2)28(26-14)16-8-4-3-5-9-16)20-21(29)24-12-13-27(20)22(30)25-18-11-7-6-10-17(18)23/h3-11,20H,12-13H2,1-2H3,(H,24,29)(H,25,30)/t20-/m0/s1. The average molecular weight is 407 g/mol. The van der Waals surface area contributed by atoms with Crippen LogP contribution in [0.5, 0.6) is 0 Å². The number of carbonyl (C=O) groups is 2. The molecule has 3 amide bonds. The Morgan fingerprint density at radius 1 is 1.13 bits per heavy atom. The van der Waals surface area contributed by atoms with Crippen LogP contribution in [0, 0.1) is 19.7 Å². The van der Waals surface area contributed by atoms with Crippen molar-refractivity contribution in [2.45, 2.75) is 19.9 Å². The van der Waals surface area contributed by atoms with E-state index in [9.17, 15) is 14.0 Å². The number of benzene rings is 2. The van der Waals surface area contributed by atoms with Gasteiger partial charge >= 0.3 is 6.03 Å². The van der Waals surface area contributed by atoms with Crippen molar-refractivity contribution in [1.29, 1.82) is 0 Å². The van der Waals surface area contributed by atoms with E-state index < -0.39 is 17.9 Å². The maximum atomic E-state index is 14.0. The molecule has 2 heterocycles. The third kappa shape index (κ3) is 3.52. The number of aryl methyl sites for hydroxylation is 1. The van der Waals surface area contributed by atoms with E-state index in [0.29, 0.717) is 24.3 Å². The van der Waals surface area contributed by atoms with Crippen molar-refractivity contribution in [2.75, 3.05) is 18.4 Å². The SMILES string of the molecule is Cc1nn(-c2ccccc2)c(C)c1[C@H]1C(=O)NCCN1C(=O)Nc1ccccc1F. The van der Waals surface area contributed by atoms with Crippen LogP contribution in [0.3, 0.4) is 0 Å². The summed E-state index contributed by atoms with van der Waals surface area (Å²) < 4.78 is 15.8. The summed E-state index contributed by atoms with van der Waals surface area (Å²) in [4.78, 5) is 27.3.